The minimum absolute atomic E-state index is 0.375. The molecule has 0 bridgehead atoms. The first-order valence-corrected chi connectivity index (χ1v) is 7.99. The van der Waals surface area contributed by atoms with Crippen molar-refractivity contribution in [2.45, 2.75) is 13.8 Å². The Morgan fingerprint density at radius 1 is 0.857 bits per heavy atom. The molecule has 2 heterocycles. The van der Waals surface area contributed by atoms with Crippen molar-refractivity contribution in [3.05, 3.63) is 57.1 Å². The summed E-state index contributed by atoms with van der Waals surface area (Å²) in [4.78, 5) is 11.0. The first-order valence-electron chi connectivity index (χ1n) is 6.41. The highest BCUT2D eigenvalue weighted by Crippen LogP contribution is 2.35. The summed E-state index contributed by atoms with van der Waals surface area (Å²) < 4.78 is 0. The molecule has 1 aromatic carbocycles. The lowest BCUT2D eigenvalue weighted by Crippen LogP contribution is -1.93. The van der Waals surface area contributed by atoms with E-state index in [1.807, 2.05) is 50.2 Å². The largest absolute Gasteiger partial charge is 0.215 e. The van der Waals surface area contributed by atoms with E-state index in [2.05, 4.69) is 9.97 Å². The number of nitrogens with zero attached hydrogens (tertiary/aromatic N) is 2. The zero-order valence-electron chi connectivity index (χ0n) is 11.5. The lowest BCUT2D eigenvalue weighted by molar-refractivity contribution is 1.19. The van der Waals surface area contributed by atoms with Crippen LogP contribution < -0.4 is 0 Å². The van der Waals surface area contributed by atoms with Gasteiger partial charge in [0.15, 0.2) is 5.82 Å². The molecule has 0 aliphatic carbocycles. The fourth-order valence-electron chi connectivity index (χ4n) is 2.03. The predicted octanol–water partition coefficient (Wildman–Crippen LogP) is 5.80. The van der Waals surface area contributed by atoms with E-state index in [0.29, 0.717) is 21.7 Å². The highest BCUT2D eigenvalue weighted by Gasteiger charge is 2.15. The Kier molecular flexibility index (Phi) is 3.98. The number of aromatic nitrogens is 2. The van der Waals surface area contributed by atoms with Crippen LogP contribution in [0.25, 0.3) is 21.8 Å². The van der Waals surface area contributed by atoms with E-state index < -0.39 is 0 Å². The van der Waals surface area contributed by atoms with Crippen LogP contribution in [0.2, 0.25) is 10.3 Å². The highest BCUT2D eigenvalue weighted by atomic mass is 35.5. The molecule has 0 saturated carbocycles. The van der Waals surface area contributed by atoms with Crippen LogP contribution in [0.4, 0.5) is 0 Å². The van der Waals surface area contributed by atoms with Gasteiger partial charge in [-0.3, -0.25) is 0 Å². The molecule has 0 spiro atoms. The third-order valence-corrected chi connectivity index (χ3v) is 4.67. The van der Waals surface area contributed by atoms with Gasteiger partial charge in [0, 0.05) is 4.88 Å². The number of halogens is 2. The van der Waals surface area contributed by atoms with Crippen molar-refractivity contribution in [3.63, 3.8) is 0 Å². The molecule has 3 aromatic rings. The summed E-state index contributed by atoms with van der Waals surface area (Å²) in [5.41, 5.74) is 2.78. The van der Waals surface area contributed by atoms with E-state index in [9.17, 15) is 0 Å². The molecule has 0 aliphatic heterocycles. The SMILES string of the molecule is Cc1ccc(-c2c(Cl)nc(-c3ccc(C)s3)nc2Cl)cc1. The molecule has 2 aromatic heterocycles. The van der Waals surface area contributed by atoms with Gasteiger partial charge in [-0.2, -0.15) is 0 Å². The second-order valence-electron chi connectivity index (χ2n) is 4.78. The van der Waals surface area contributed by atoms with Crippen molar-refractivity contribution < 1.29 is 0 Å². The molecule has 0 aliphatic rings. The Labute approximate surface area is 137 Å². The lowest BCUT2D eigenvalue weighted by Gasteiger charge is -2.08. The molecule has 0 saturated heterocycles. The third kappa shape index (κ3) is 2.95. The van der Waals surface area contributed by atoms with E-state index >= 15 is 0 Å². The van der Waals surface area contributed by atoms with Gasteiger partial charge in [-0.25, -0.2) is 9.97 Å². The van der Waals surface area contributed by atoms with Crippen LogP contribution >= 0.6 is 34.5 Å². The van der Waals surface area contributed by atoms with Crippen molar-refractivity contribution in [1.29, 1.82) is 0 Å². The summed E-state index contributed by atoms with van der Waals surface area (Å²) in [5.74, 6) is 0.568. The molecular formula is C16H12Cl2N2S. The van der Waals surface area contributed by atoms with Crippen LogP contribution in [0.3, 0.4) is 0 Å². The molecule has 2 nitrogen and oxygen atoms in total. The van der Waals surface area contributed by atoms with Crippen LogP contribution in [0.15, 0.2) is 36.4 Å². The molecule has 0 N–H and O–H groups in total. The number of thiophene rings is 1. The van der Waals surface area contributed by atoms with E-state index in [1.54, 1.807) is 11.3 Å². The van der Waals surface area contributed by atoms with E-state index in [0.717, 1.165) is 10.4 Å². The second-order valence-corrected chi connectivity index (χ2v) is 6.78. The van der Waals surface area contributed by atoms with Crippen molar-refractivity contribution in [2.75, 3.05) is 0 Å². The zero-order chi connectivity index (χ0) is 15.0. The Bertz CT molecular complexity index is 771. The molecule has 0 atom stereocenters. The maximum absolute atomic E-state index is 6.33. The van der Waals surface area contributed by atoms with Crippen LogP contribution in [-0.4, -0.2) is 9.97 Å². The second kappa shape index (κ2) is 5.76. The number of benzene rings is 1. The van der Waals surface area contributed by atoms with Crippen LogP contribution in [0.5, 0.6) is 0 Å². The number of hydrogen-bond acceptors (Lipinski definition) is 3. The Morgan fingerprint density at radius 2 is 1.48 bits per heavy atom. The van der Waals surface area contributed by atoms with Crippen molar-refractivity contribution in [3.8, 4) is 21.8 Å². The van der Waals surface area contributed by atoms with Gasteiger partial charge in [0.05, 0.1) is 10.4 Å². The first-order chi connectivity index (χ1) is 10.0. The topological polar surface area (TPSA) is 25.8 Å². The first kappa shape index (κ1) is 14.5. The van der Waals surface area contributed by atoms with E-state index in [4.69, 9.17) is 23.2 Å². The quantitative estimate of drug-likeness (QED) is 0.554. The van der Waals surface area contributed by atoms with Gasteiger partial charge in [0.25, 0.3) is 0 Å². The number of aryl methyl sites for hydroxylation is 2. The molecule has 106 valence electrons. The van der Waals surface area contributed by atoms with Gasteiger partial charge in [0.2, 0.25) is 0 Å². The third-order valence-electron chi connectivity index (χ3n) is 3.12. The number of rotatable bonds is 2. The predicted molar refractivity (Wildman–Crippen MR) is 90.3 cm³/mol. The molecule has 0 amide bonds. The maximum atomic E-state index is 6.33. The number of hydrogen-bond donors (Lipinski definition) is 0. The molecule has 3 rings (SSSR count). The van der Waals surface area contributed by atoms with Crippen molar-refractivity contribution in [1.82, 2.24) is 9.97 Å². The smallest absolute Gasteiger partial charge is 0.172 e. The van der Waals surface area contributed by atoms with Gasteiger partial charge in [-0.05, 0) is 31.5 Å². The molecule has 0 unspecified atom stereocenters. The average molecular weight is 335 g/mol. The van der Waals surface area contributed by atoms with Gasteiger partial charge < -0.3 is 0 Å². The normalized spacial score (nSPS) is 10.9. The van der Waals surface area contributed by atoms with E-state index in [-0.39, 0.29) is 0 Å². The zero-order valence-corrected chi connectivity index (χ0v) is 13.9. The summed E-state index contributed by atoms with van der Waals surface area (Å²) in [6.45, 7) is 4.07. The van der Waals surface area contributed by atoms with Crippen LogP contribution in [0.1, 0.15) is 10.4 Å². The molecule has 5 heteroatoms. The molecular weight excluding hydrogens is 323 g/mol. The Balaban J connectivity index is 2.10. The van der Waals surface area contributed by atoms with Gasteiger partial charge in [0.1, 0.15) is 10.3 Å². The van der Waals surface area contributed by atoms with Crippen molar-refractivity contribution >= 4 is 34.5 Å². The summed E-state index contributed by atoms with van der Waals surface area (Å²) >= 11 is 14.3. The standard InChI is InChI=1S/C16H12Cl2N2S/c1-9-3-6-11(7-4-9)13-14(17)19-16(20-15(13)18)12-8-5-10(2)21-12/h3-8H,1-2H3. The van der Waals surface area contributed by atoms with E-state index in [1.165, 1.54) is 10.4 Å². The Morgan fingerprint density at radius 3 is 2.00 bits per heavy atom. The van der Waals surface area contributed by atoms with Gasteiger partial charge in [-0.15, -0.1) is 11.3 Å². The van der Waals surface area contributed by atoms with Crippen molar-refractivity contribution in [2.24, 2.45) is 0 Å². The molecule has 0 fully saturated rings. The fraction of sp³-hybridized carbons (Fsp3) is 0.125. The van der Waals surface area contributed by atoms with Gasteiger partial charge in [-0.1, -0.05) is 53.0 Å². The van der Waals surface area contributed by atoms with Crippen LogP contribution in [-0.2, 0) is 0 Å². The maximum Gasteiger partial charge on any atom is 0.172 e. The molecule has 21 heavy (non-hydrogen) atoms. The fourth-order valence-corrected chi connectivity index (χ4v) is 3.44. The average Bonchev–Trinajstić information content (AvgIpc) is 2.87. The minimum atomic E-state index is 0.375. The highest BCUT2D eigenvalue weighted by molar-refractivity contribution is 7.15. The van der Waals surface area contributed by atoms with Gasteiger partial charge >= 0.3 is 0 Å². The Hall–Kier alpha value is -1.42. The summed E-state index contributed by atoms with van der Waals surface area (Å²) in [6.07, 6.45) is 0. The minimum Gasteiger partial charge on any atom is -0.215 e. The van der Waals surface area contributed by atoms with Crippen LogP contribution in [0, 0.1) is 13.8 Å². The lowest BCUT2D eigenvalue weighted by atomic mass is 10.1. The summed E-state index contributed by atoms with van der Waals surface area (Å²) in [6, 6.07) is 12.0. The summed E-state index contributed by atoms with van der Waals surface area (Å²) in [7, 11) is 0. The summed E-state index contributed by atoms with van der Waals surface area (Å²) in [5, 5.41) is 0.750. The monoisotopic (exact) mass is 334 g/mol. The molecule has 0 radical (unpaired) electrons.